The van der Waals surface area contributed by atoms with Crippen LogP contribution in [0.15, 0.2) is 0 Å². The molecular formula is C42H72O12. The highest BCUT2D eigenvalue weighted by molar-refractivity contribution is 4.83. The zero-order chi connectivity index (χ0) is 72.8. The van der Waals surface area contributed by atoms with Crippen molar-refractivity contribution in [1.29, 1.82) is 0 Å². The fourth-order valence-electron chi connectivity index (χ4n) is 5.71. The Labute approximate surface area is 379 Å². The van der Waals surface area contributed by atoms with Crippen molar-refractivity contribution in [3.8, 4) is 0 Å². The van der Waals surface area contributed by atoms with Gasteiger partial charge < -0.3 is 56.8 Å². The fraction of sp³-hybridized carbons (Fsp3) is 1.00. The van der Waals surface area contributed by atoms with Crippen molar-refractivity contribution in [2.24, 2.45) is 70.9 Å². The predicted octanol–water partition coefficient (Wildman–Crippen LogP) is 6.09. The average molecular weight is 808 g/mol. The lowest BCUT2D eigenvalue weighted by Crippen LogP contribution is -2.12. The normalized spacial score (nSPS) is 84.8. The Morgan fingerprint density at radius 3 is 1.39 bits per heavy atom. The molecule has 12 saturated heterocycles. The van der Waals surface area contributed by atoms with Gasteiger partial charge in [0, 0.05) is 58.8 Å². The lowest BCUT2D eigenvalue weighted by atomic mass is 9.96. The van der Waals surface area contributed by atoms with Crippen molar-refractivity contribution in [3.63, 3.8) is 0 Å². The van der Waals surface area contributed by atoms with Gasteiger partial charge in [-0.1, -0.05) is 41.5 Å². The molecule has 12 rings (SSSR count). The van der Waals surface area contributed by atoms with E-state index in [2.05, 4.69) is 18.9 Å². The van der Waals surface area contributed by atoms with Crippen molar-refractivity contribution < 1.29 is 110 Å². The van der Waals surface area contributed by atoms with Gasteiger partial charge in [-0.15, -0.1) is 0 Å². The topological polar surface area (TPSA) is 111 Å². The zero-order valence-electron chi connectivity index (χ0n) is 69.2. The highest BCUT2D eigenvalue weighted by atomic mass is 16.7. The summed E-state index contributed by atoms with van der Waals surface area (Å²) in [6, 6.07) is 0. The second-order valence-electron chi connectivity index (χ2n) is 13.1. The van der Waals surface area contributed by atoms with Gasteiger partial charge in [-0.25, -0.2) is 0 Å². The van der Waals surface area contributed by atoms with Crippen LogP contribution in [-0.2, 0) is 56.8 Å². The van der Waals surface area contributed by atoms with Gasteiger partial charge in [0.25, 0.3) is 0 Å². The lowest BCUT2D eigenvalue weighted by molar-refractivity contribution is -0.0907. The Hall–Kier alpha value is -0.480. The van der Waals surface area contributed by atoms with Gasteiger partial charge in [-0.2, -0.15) is 0 Å². The minimum atomic E-state index is -3.08. The van der Waals surface area contributed by atoms with Crippen molar-refractivity contribution in [3.05, 3.63) is 0 Å². The molecule has 0 N–H and O–H groups in total. The third kappa shape index (κ3) is 10.2. The van der Waals surface area contributed by atoms with E-state index < -0.39 is 206 Å². The number of hydrogen-bond acceptors (Lipinski definition) is 12. The van der Waals surface area contributed by atoms with Crippen molar-refractivity contribution in [2.45, 2.75) is 117 Å². The number of ether oxygens (including phenoxy) is 12. The molecule has 0 aromatic carbocycles. The van der Waals surface area contributed by atoms with E-state index in [9.17, 15) is 0 Å². The standard InChI is InChI=1S/6C7H12O2/c6*1-5-4-9-7-6(5)2-3-8-7/h6*5-7H,2-4H2,1H3/t6*5-,6-,7+/m000000/s1/i2D2,3D2,4D2,5D,6D,7D;2D2,3D2,4D2,6D,7D;2D2,3D2,4D2,5D;2D2,3D2,5D;2D2,3D2,4D2;2D2,3D2. The summed E-state index contributed by atoms with van der Waals surface area (Å²) >= 11 is 0. The summed E-state index contributed by atoms with van der Waals surface area (Å²) in [5.74, 6) is -16.5. The quantitative estimate of drug-likeness (QED) is 0.283. The summed E-state index contributed by atoms with van der Waals surface area (Å²) in [5, 5.41) is 0. The molecule has 12 aliphatic heterocycles. The number of rotatable bonds is 0. The second-order valence-corrected chi connectivity index (χ2v) is 13.1. The van der Waals surface area contributed by atoms with E-state index in [0.717, 1.165) is 6.92 Å². The van der Waals surface area contributed by atoms with Gasteiger partial charge in [0.1, 0.15) is 0 Å². The molecule has 12 nitrogen and oxygen atoms in total. The van der Waals surface area contributed by atoms with Crippen LogP contribution < -0.4 is 0 Å². The molecule has 312 valence electrons. The van der Waals surface area contributed by atoms with Gasteiger partial charge in [-0.05, 0) is 73.7 Å². The summed E-state index contributed by atoms with van der Waals surface area (Å²) in [5.41, 5.74) is 0. The maximum absolute atomic E-state index is 8.03. The Balaban J connectivity index is 0.000000159. The second kappa shape index (κ2) is 20.0. The molecule has 12 heterocycles. The highest BCUT2D eigenvalue weighted by Crippen LogP contribution is 2.38. The molecule has 0 amide bonds. The van der Waals surface area contributed by atoms with E-state index in [1.807, 2.05) is 6.92 Å². The number of hydrogen-bond donors (Lipinski definition) is 0. The molecule has 0 saturated carbocycles. The molecule has 0 bridgehead atoms. The van der Waals surface area contributed by atoms with Crippen LogP contribution in [0, 0.1) is 70.9 Å². The van der Waals surface area contributed by atoms with Crippen LogP contribution in [0.3, 0.4) is 0 Å². The zero-order valence-corrected chi connectivity index (χ0v) is 30.2. The van der Waals surface area contributed by atoms with Crippen LogP contribution in [0.4, 0.5) is 0 Å². The predicted molar refractivity (Wildman–Crippen MR) is 198 cm³/mol. The van der Waals surface area contributed by atoms with Crippen LogP contribution in [0.2, 0.25) is 0 Å². The molecule has 0 aliphatic carbocycles. The van der Waals surface area contributed by atoms with Gasteiger partial charge in [0.15, 0.2) is 37.7 Å². The summed E-state index contributed by atoms with van der Waals surface area (Å²) in [4.78, 5) is 0. The van der Waals surface area contributed by atoms with Gasteiger partial charge >= 0.3 is 0 Å². The first-order valence-corrected chi connectivity index (χ1v) is 17.2. The first kappa shape index (κ1) is 15.2. The Kier molecular flexibility index (Phi) is 5.63. The largest absolute Gasteiger partial charge is 0.352 e. The molecule has 0 aromatic rings. The average Bonchev–Trinajstić information content (AvgIpc) is 1.49. The van der Waals surface area contributed by atoms with Crippen LogP contribution in [0.1, 0.15) is 133 Å². The smallest absolute Gasteiger partial charge is 0.160 e. The molecule has 0 spiro atoms. The first-order chi connectivity index (χ1) is 40.6. The lowest BCUT2D eigenvalue weighted by Gasteiger charge is -2.07. The van der Waals surface area contributed by atoms with E-state index in [1.165, 1.54) is 20.8 Å². The SMILES string of the molecule is [2H]C1([2H])O[C@@H]2OC([2H])([2H])[C@]([2H])(C)[C@@H]2C1([2H])[2H].[2H]C1([2H])O[C@@H]2OC[C@H](C)[C@@H]2C1([2H])[2H].[2H]C1([2H])O[C@@H]2OC[C@]([2H])(C)[C@@H]2C1([2H])[2H].[2H]C1([2H])O[C@@]2([2H])OC([2H])([2H])C([2H])([2H])[C@@]2([2H])[C@H]1C.[2H]C1([2H])O[C@H]2OC([2H])([2H])C([2H])([2H])[C@H]2[C@H]1C.[2H]C1([2H])O[C@]2([2H])OC([2H])([2H])[C@]([2H])(C)[C@]2([2H])C1([2H])[2H]. The van der Waals surface area contributed by atoms with E-state index in [0.29, 0.717) is 6.61 Å². The molecule has 12 heteroatoms. The van der Waals surface area contributed by atoms with Crippen LogP contribution in [0.25, 0.3) is 0 Å². The maximum atomic E-state index is 8.03. The fourth-order valence-corrected chi connectivity index (χ4v) is 5.71. The molecule has 0 unspecified atom stereocenters. The van der Waals surface area contributed by atoms with Gasteiger partial charge in [-0.3, -0.25) is 0 Å². The molecule has 12 fully saturated rings. The highest BCUT2D eigenvalue weighted by Gasteiger charge is 2.42. The van der Waals surface area contributed by atoms with Crippen molar-refractivity contribution >= 4 is 0 Å². The molecular weight excluding hydrogens is 696 g/mol. The van der Waals surface area contributed by atoms with Crippen LogP contribution in [-0.4, -0.2) is 116 Å². The van der Waals surface area contributed by atoms with Crippen molar-refractivity contribution in [2.75, 3.05) is 78.8 Å². The Morgan fingerprint density at radius 1 is 0.352 bits per heavy atom. The summed E-state index contributed by atoms with van der Waals surface area (Å²) in [6.07, 6.45) is -24.5. The van der Waals surface area contributed by atoms with Gasteiger partial charge in [0.2, 0.25) is 0 Å². The van der Waals surface area contributed by atoms with Gasteiger partial charge in [0.05, 0.1) is 109 Å². The van der Waals surface area contributed by atoms with E-state index in [4.69, 9.17) is 91.4 Å². The van der Waals surface area contributed by atoms with E-state index >= 15 is 0 Å². The van der Waals surface area contributed by atoms with E-state index in [1.54, 1.807) is 6.92 Å². The molecule has 12 aliphatic rings. The number of fused-ring (bicyclic) bond motifs is 6. The van der Waals surface area contributed by atoms with E-state index in [-0.39, 0.29) is 12.5 Å². The molecule has 0 radical (unpaired) electrons. The van der Waals surface area contributed by atoms with Crippen LogP contribution >= 0.6 is 0 Å². The minimum absolute atomic E-state index is 0.0116. The minimum Gasteiger partial charge on any atom is -0.352 e. The maximum Gasteiger partial charge on any atom is 0.160 e. The molecule has 54 heavy (non-hydrogen) atoms. The Morgan fingerprint density at radius 2 is 0.796 bits per heavy atom. The summed E-state index contributed by atoms with van der Waals surface area (Å²) in [6.45, 7) is -16.3. The van der Waals surface area contributed by atoms with Crippen LogP contribution in [0.5, 0.6) is 0 Å². The molecule has 0 aromatic heterocycles. The monoisotopic (exact) mass is 808 g/mol. The third-order valence-corrected chi connectivity index (χ3v) is 9.07. The third-order valence-electron chi connectivity index (χ3n) is 9.07. The summed E-state index contributed by atoms with van der Waals surface area (Å²) < 4.78 is 353. The first-order valence-electron chi connectivity index (χ1n) is 36.7. The molecule has 18 atom stereocenters. The summed E-state index contributed by atoms with van der Waals surface area (Å²) in [7, 11) is 0. The Bertz CT molecular complexity index is 2780. The van der Waals surface area contributed by atoms with Crippen molar-refractivity contribution in [1.82, 2.24) is 0 Å².